The molecule has 0 spiro atoms. The number of nitrogens with one attached hydrogen (secondary N) is 1. The van der Waals surface area contributed by atoms with Gasteiger partial charge in [0, 0.05) is 4.90 Å². The fourth-order valence-corrected chi connectivity index (χ4v) is 1.91. The highest BCUT2D eigenvalue weighted by molar-refractivity contribution is 7.99. The number of hydrogen-bond acceptors (Lipinski definition) is 5. The van der Waals surface area contributed by atoms with E-state index in [1.807, 2.05) is 0 Å². The van der Waals surface area contributed by atoms with Crippen LogP contribution in [0.1, 0.15) is 10.5 Å². The van der Waals surface area contributed by atoms with E-state index < -0.39 is 11.7 Å². The van der Waals surface area contributed by atoms with Crippen LogP contribution in [0.25, 0.3) is 0 Å². The van der Waals surface area contributed by atoms with E-state index in [9.17, 15) is 13.6 Å². The molecular formula is C11H8F2N2O3S. The van der Waals surface area contributed by atoms with Crippen LogP contribution in [0, 0.1) is 0 Å². The Morgan fingerprint density at radius 3 is 2.79 bits per heavy atom. The number of para-hydroxylation sites is 1. The third-order valence-corrected chi connectivity index (χ3v) is 2.86. The van der Waals surface area contributed by atoms with Crippen LogP contribution in [0.4, 0.5) is 20.5 Å². The number of thioether (sulfide) groups is 1. The van der Waals surface area contributed by atoms with Crippen molar-refractivity contribution in [3.05, 3.63) is 36.2 Å². The van der Waals surface area contributed by atoms with Crippen molar-refractivity contribution >= 4 is 29.4 Å². The van der Waals surface area contributed by atoms with E-state index in [0.29, 0.717) is 22.3 Å². The van der Waals surface area contributed by atoms with Crippen molar-refractivity contribution in [2.24, 2.45) is 0 Å². The summed E-state index contributed by atoms with van der Waals surface area (Å²) >= 11 is 0.376. The third kappa shape index (κ3) is 3.44. The molecule has 0 aliphatic heterocycles. The average molecular weight is 286 g/mol. The van der Waals surface area contributed by atoms with Crippen molar-refractivity contribution in [1.29, 1.82) is 0 Å². The van der Waals surface area contributed by atoms with Crippen LogP contribution >= 0.6 is 11.8 Å². The number of carboxylic acids is 1. The van der Waals surface area contributed by atoms with Crippen LogP contribution in [0.15, 0.2) is 39.8 Å². The van der Waals surface area contributed by atoms with Gasteiger partial charge in [-0.25, -0.2) is 4.79 Å². The quantitative estimate of drug-likeness (QED) is 0.820. The standard InChI is InChI=1S/C11H8F2N2O3S/c12-10(13)19-8-4-2-1-3-6(8)14-11-15-7(5-18-11)9(16)17/h1-5,10H,(H,14,15)(H,16,17). The minimum Gasteiger partial charge on any atom is -0.476 e. The number of alkyl halides is 2. The second-order valence-electron chi connectivity index (χ2n) is 3.34. The van der Waals surface area contributed by atoms with Crippen LogP contribution in [-0.2, 0) is 0 Å². The molecule has 8 heteroatoms. The number of benzene rings is 1. The Morgan fingerprint density at radius 1 is 1.42 bits per heavy atom. The van der Waals surface area contributed by atoms with Crippen LogP contribution in [0.3, 0.4) is 0 Å². The maximum atomic E-state index is 12.4. The van der Waals surface area contributed by atoms with Gasteiger partial charge in [0.15, 0.2) is 5.69 Å². The summed E-state index contributed by atoms with van der Waals surface area (Å²) in [6, 6.07) is 6.28. The van der Waals surface area contributed by atoms with Gasteiger partial charge >= 0.3 is 5.97 Å². The molecular weight excluding hydrogens is 278 g/mol. The van der Waals surface area contributed by atoms with Gasteiger partial charge < -0.3 is 14.8 Å². The molecule has 0 fully saturated rings. The highest BCUT2D eigenvalue weighted by Gasteiger charge is 2.13. The Kier molecular flexibility index (Phi) is 4.00. The molecule has 0 bridgehead atoms. The van der Waals surface area contributed by atoms with Gasteiger partial charge in [-0.1, -0.05) is 23.9 Å². The maximum absolute atomic E-state index is 12.4. The van der Waals surface area contributed by atoms with Gasteiger partial charge in [0.1, 0.15) is 6.26 Å². The van der Waals surface area contributed by atoms with Gasteiger partial charge in [-0.05, 0) is 12.1 Å². The van der Waals surface area contributed by atoms with Crippen molar-refractivity contribution in [2.75, 3.05) is 5.32 Å². The molecule has 0 aliphatic rings. The van der Waals surface area contributed by atoms with Crippen LogP contribution in [0.2, 0.25) is 0 Å². The lowest BCUT2D eigenvalue weighted by Gasteiger charge is -2.07. The predicted molar refractivity (Wildman–Crippen MR) is 65.0 cm³/mol. The molecule has 0 aliphatic carbocycles. The van der Waals surface area contributed by atoms with Gasteiger partial charge in [-0.2, -0.15) is 13.8 Å². The summed E-state index contributed by atoms with van der Waals surface area (Å²) in [5, 5.41) is 11.3. The van der Waals surface area contributed by atoms with E-state index in [4.69, 9.17) is 9.52 Å². The van der Waals surface area contributed by atoms with Gasteiger partial charge in [-0.3, -0.25) is 0 Å². The lowest BCUT2D eigenvalue weighted by atomic mass is 10.3. The molecule has 1 aromatic carbocycles. The monoisotopic (exact) mass is 286 g/mol. The second kappa shape index (κ2) is 5.70. The molecule has 0 saturated carbocycles. The van der Waals surface area contributed by atoms with Crippen LogP contribution in [-0.4, -0.2) is 21.8 Å². The Hall–Kier alpha value is -2.09. The molecule has 5 nitrogen and oxygen atoms in total. The van der Waals surface area contributed by atoms with Gasteiger partial charge in [0.05, 0.1) is 5.69 Å². The Balaban J connectivity index is 2.20. The van der Waals surface area contributed by atoms with Gasteiger partial charge in [-0.15, -0.1) is 0 Å². The topological polar surface area (TPSA) is 75.4 Å². The van der Waals surface area contributed by atoms with E-state index >= 15 is 0 Å². The first-order valence-electron chi connectivity index (χ1n) is 5.06. The minimum atomic E-state index is -2.55. The zero-order chi connectivity index (χ0) is 13.8. The molecule has 0 unspecified atom stereocenters. The SMILES string of the molecule is O=C(O)c1coc(Nc2ccccc2SC(F)F)n1. The van der Waals surface area contributed by atoms with Crippen molar-refractivity contribution in [3.63, 3.8) is 0 Å². The number of anilines is 2. The molecule has 0 saturated heterocycles. The Bertz CT molecular complexity index is 589. The number of aromatic nitrogens is 1. The van der Waals surface area contributed by atoms with Crippen molar-refractivity contribution < 1.29 is 23.1 Å². The number of hydrogen-bond donors (Lipinski definition) is 2. The first kappa shape index (κ1) is 13.3. The largest absolute Gasteiger partial charge is 0.476 e. The number of rotatable bonds is 5. The fraction of sp³-hybridized carbons (Fsp3) is 0.0909. The number of oxazole rings is 1. The van der Waals surface area contributed by atoms with E-state index in [2.05, 4.69) is 10.3 Å². The van der Waals surface area contributed by atoms with E-state index in [0.717, 1.165) is 6.26 Å². The lowest BCUT2D eigenvalue weighted by molar-refractivity contribution is 0.0690. The van der Waals surface area contributed by atoms with Crippen molar-refractivity contribution in [1.82, 2.24) is 4.98 Å². The van der Waals surface area contributed by atoms with Crippen LogP contribution < -0.4 is 5.32 Å². The summed E-state index contributed by atoms with van der Waals surface area (Å²) in [5.41, 5.74) is 0.105. The molecule has 2 aromatic rings. The average Bonchev–Trinajstić information content (AvgIpc) is 2.80. The van der Waals surface area contributed by atoms with E-state index in [1.54, 1.807) is 18.2 Å². The number of nitrogens with zero attached hydrogens (tertiary/aromatic N) is 1. The first-order chi connectivity index (χ1) is 9.06. The van der Waals surface area contributed by atoms with E-state index in [1.165, 1.54) is 6.07 Å². The molecule has 0 amide bonds. The zero-order valence-corrected chi connectivity index (χ0v) is 10.2. The molecule has 19 heavy (non-hydrogen) atoms. The van der Waals surface area contributed by atoms with Crippen molar-refractivity contribution in [2.45, 2.75) is 10.7 Å². The molecule has 2 rings (SSSR count). The molecule has 2 N–H and O–H groups in total. The number of carbonyl (C=O) groups is 1. The molecule has 0 radical (unpaired) electrons. The highest BCUT2D eigenvalue weighted by Crippen LogP contribution is 2.33. The lowest BCUT2D eigenvalue weighted by Crippen LogP contribution is -1.98. The summed E-state index contributed by atoms with van der Waals surface area (Å²) in [5.74, 6) is -3.78. The number of carboxylic acid groups (broad SMARTS) is 1. The van der Waals surface area contributed by atoms with Crippen LogP contribution in [0.5, 0.6) is 0 Å². The normalized spacial score (nSPS) is 10.7. The molecule has 1 aromatic heterocycles. The minimum absolute atomic E-state index is 0.0697. The fourth-order valence-electron chi connectivity index (χ4n) is 1.31. The number of halogens is 2. The summed E-state index contributed by atoms with van der Waals surface area (Å²) in [6.45, 7) is 0. The van der Waals surface area contributed by atoms with Gasteiger partial charge in [0.2, 0.25) is 0 Å². The molecule has 0 atom stereocenters. The van der Waals surface area contributed by atoms with Crippen molar-refractivity contribution in [3.8, 4) is 0 Å². The summed E-state index contributed by atoms with van der Waals surface area (Å²) in [4.78, 5) is 14.6. The third-order valence-electron chi connectivity index (χ3n) is 2.07. The molecule has 100 valence electrons. The zero-order valence-electron chi connectivity index (χ0n) is 9.34. The smallest absolute Gasteiger partial charge is 0.357 e. The second-order valence-corrected chi connectivity index (χ2v) is 4.37. The van der Waals surface area contributed by atoms with Gasteiger partial charge in [0.25, 0.3) is 11.8 Å². The first-order valence-corrected chi connectivity index (χ1v) is 5.94. The summed E-state index contributed by atoms with van der Waals surface area (Å²) in [6.07, 6.45) is 0.966. The maximum Gasteiger partial charge on any atom is 0.357 e. The summed E-state index contributed by atoms with van der Waals surface area (Å²) in [7, 11) is 0. The summed E-state index contributed by atoms with van der Waals surface area (Å²) < 4.78 is 29.6. The Morgan fingerprint density at radius 2 is 2.16 bits per heavy atom. The highest BCUT2D eigenvalue weighted by atomic mass is 32.2. The van der Waals surface area contributed by atoms with E-state index in [-0.39, 0.29) is 11.7 Å². The number of aromatic carboxylic acids is 1. The Labute approximate surface area is 110 Å². The molecule has 1 heterocycles. The predicted octanol–water partition coefficient (Wildman–Crippen LogP) is 3.43.